The highest BCUT2D eigenvalue weighted by Crippen LogP contribution is 2.31. The lowest BCUT2D eigenvalue weighted by Crippen LogP contribution is -2.31. The Hall–Kier alpha value is -2.53. The molecule has 1 saturated carbocycles. The fraction of sp³-hybridized carbons (Fsp3) is 0.500. The maximum atomic E-state index is 5.01. The van der Waals surface area contributed by atoms with Gasteiger partial charge in [-0.2, -0.15) is 0 Å². The number of pyridine rings is 1. The third kappa shape index (κ3) is 4.42. The first-order valence-electron chi connectivity index (χ1n) is 11.8. The summed E-state index contributed by atoms with van der Waals surface area (Å²) < 4.78 is 2.41. The smallest absolute Gasteiger partial charge is 0.131 e. The minimum Gasteiger partial charge on any atom is -0.344 e. The van der Waals surface area contributed by atoms with Crippen LogP contribution in [-0.4, -0.2) is 31.0 Å². The predicted octanol–water partition coefficient (Wildman–Crippen LogP) is 4.94. The molecule has 5 rings (SSSR count). The van der Waals surface area contributed by atoms with Crippen LogP contribution in [0.1, 0.15) is 77.6 Å². The highest BCUT2D eigenvalue weighted by Gasteiger charge is 2.23. The monoisotopic (exact) mass is 415 g/mol. The molecule has 0 atom stereocenters. The Morgan fingerprint density at radius 1 is 1.06 bits per heavy atom. The lowest BCUT2D eigenvalue weighted by molar-refractivity contribution is 0.241. The third-order valence-electron chi connectivity index (χ3n) is 7.14. The van der Waals surface area contributed by atoms with Crippen LogP contribution >= 0.6 is 0 Å². The van der Waals surface area contributed by atoms with Crippen LogP contribution in [-0.2, 0) is 26.1 Å². The van der Waals surface area contributed by atoms with E-state index in [1.54, 1.807) is 0 Å². The lowest BCUT2D eigenvalue weighted by atomic mass is 9.88. The highest BCUT2D eigenvalue weighted by atomic mass is 15.1. The summed E-state index contributed by atoms with van der Waals surface area (Å²) in [6.45, 7) is 8.34. The van der Waals surface area contributed by atoms with Crippen LogP contribution in [0.5, 0.6) is 0 Å². The quantitative estimate of drug-likeness (QED) is 0.592. The molecule has 1 aliphatic carbocycles. The lowest BCUT2D eigenvalue weighted by Gasteiger charge is -2.29. The van der Waals surface area contributed by atoms with E-state index in [1.807, 2.05) is 18.5 Å². The molecule has 4 heterocycles. The number of aryl methyl sites for hydroxylation is 1. The zero-order valence-electron chi connectivity index (χ0n) is 18.8. The molecule has 3 aromatic rings. The van der Waals surface area contributed by atoms with Gasteiger partial charge in [-0.1, -0.05) is 25.3 Å². The molecule has 0 N–H and O–H groups in total. The number of fused-ring (bicyclic) bond motifs is 1. The summed E-state index contributed by atoms with van der Waals surface area (Å²) in [5.74, 6) is 1.69. The normalized spacial score (nSPS) is 17.6. The number of nitrogens with zero attached hydrogens (tertiary/aromatic N) is 5. The Balaban J connectivity index is 1.27. The van der Waals surface area contributed by atoms with Crippen molar-refractivity contribution in [3.8, 4) is 0 Å². The van der Waals surface area contributed by atoms with Gasteiger partial charge < -0.3 is 4.57 Å². The first-order valence-corrected chi connectivity index (χ1v) is 11.8. The van der Waals surface area contributed by atoms with Crippen molar-refractivity contribution in [1.82, 2.24) is 24.4 Å². The maximum Gasteiger partial charge on any atom is 0.131 e. The minimum atomic E-state index is 0.585. The first-order chi connectivity index (χ1) is 15.2. The molecule has 0 saturated heterocycles. The van der Waals surface area contributed by atoms with E-state index in [1.165, 1.54) is 65.9 Å². The molecular weight excluding hydrogens is 382 g/mol. The molecule has 2 aliphatic rings. The summed E-state index contributed by atoms with van der Waals surface area (Å²) in [6, 6.07) is 6.51. The Kier molecular flexibility index (Phi) is 5.86. The molecule has 3 aromatic heterocycles. The topological polar surface area (TPSA) is 46.8 Å². The average Bonchev–Trinajstić information content (AvgIpc) is 3.07. The molecule has 162 valence electrons. The summed E-state index contributed by atoms with van der Waals surface area (Å²) in [5, 5.41) is 0. The number of hydrogen-bond acceptors (Lipinski definition) is 4. The third-order valence-corrected chi connectivity index (χ3v) is 7.14. The molecule has 5 heteroatoms. The first kappa shape index (κ1) is 20.4. The second kappa shape index (κ2) is 8.91. The van der Waals surface area contributed by atoms with Crippen LogP contribution in [0.3, 0.4) is 0 Å². The van der Waals surface area contributed by atoms with Crippen molar-refractivity contribution in [1.29, 1.82) is 0 Å². The van der Waals surface area contributed by atoms with Gasteiger partial charge >= 0.3 is 0 Å². The van der Waals surface area contributed by atoms with Gasteiger partial charge in [0, 0.05) is 79.8 Å². The number of rotatable bonds is 5. The standard InChI is InChI=1S/C26H33N5/c1-19-13-23(20(2)31(19)16-21-7-6-11-27-14-21)17-30-12-10-25-24(18-30)15-28-26(29-25)22-8-4-3-5-9-22/h6-7,11,13-15,22H,3-5,8-10,12,16-18H2,1-2H3. The summed E-state index contributed by atoms with van der Waals surface area (Å²) >= 11 is 0. The van der Waals surface area contributed by atoms with Gasteiger partial charge in [0.05, 0.1) is 0 Å². The van der Waals surface area contributed by atoms with Gasteiger partial charge in [-0.25, -0.2) is 9.97 Å². The van der Waals surface area contributed by atoms with Gasteiger partial charge in [0.15, 0.2) is 0 Å². The van der Waals surface area contributed by atoms with E-state index < -0.39 is 0 Å². The zero-order valence-corrected chi connectivity index (χ0v) is 18.8. The molecule has 0 bridgehead atoms. The Bertz CT molecular complexity index is 1030. The molecule has 0 amide bonds. The van der Waals surface area contributed by atoms with Gasteiger partial charge in [0.25, 0.3) is 0 Å². The highest BCUT2D eigenvalue weighted by molar-refractivity contribution is 5.29. The van der Waals surface area contributed by atoms with Crippen molar-refractivity contribution in [2.75, 3.05) is 6.54 Å². The van der Waals surface area contributed by atoms with E-state index >= 15 is 0 Å². The fourth-order valence-electron chi connectivity index (χ4n) is 5.27. The second-order valence-corrected chi connectivity index (χ2v) is 9.34. The molecular formula is C26H33N5. The number of aromatic nitrogens is 4. The van der Waals surface area contributed by atoms with Crippen molar-refractivity contribution in [3.63, 3.8) is 0 Å². The molecule has 0 spiro atoms. The summed E-state index contributed by atoms with van der Waals surface area (Å²) in [7, 11) is 0. The molecule has 0 radical (unpaired) electrons. The van der Waals surface area contributed by atoms with Gasteiger partial charge in [-0.3, -0.25) is 9.88 Å². The summed E-state index contributed by atoms with van der Waals surface area (Å²) in [6.07, 6.45) is 13.5. The van der Waals surface area contributed by atoms with Crippen LogP contribution in [0.2, 0.25) is 0 Å². The van der Waals surface area contributed by atoms with Gasteiger partial charge in [-0.05, 0) is 49.9 Å². The van der Waals surface area contributed by atoms with Gasteiger partial charge in [0.1, 0.15) is 5.82 Å². The van der Waals surface area contributed by atoms with Crippen LogP contribution in [0.25, 0.3) is 0 Å². The van der Waals surface area contributed by atoms with Crippen molar-refractivity contribution in [3.05, 3.63) is 76.4 Å². The fourth-order valence-corrected chi connectivity index (χ4v) is 5.27. The number of hydrogen-bond donors (Lipinski definition) is 0. The maximum absolute atomic E-state index is 5.01. The molecule has 5 nitrogen and oxygen atoms in total. The summed E-state index contributed by atoms with van der Waals surface area (Å²) in [4.78, 5) is 16.6. The van der Waals surface area contributed by atoms with Crippen molar-refractivity contribution in [2.24, 2.45) is 0 Å². The Morgan fingerprint density at radius 3 is 2.74 bits per heavy atom. The van der Waals surface area contributed by atoms with Crippen LogP contribution in [0, 0.1) is 13.8 Å². The van der Waals surface area contributed by atoms with Crippen LogP contribution < -0.4 is 0 Å². The van der Waals surface area contributed by atoms with Crippen molar-refractivity contribution in [2.45, 2.75) is 77.9 Å². The molecule has 0 unspecified atom stereocenters. The Labute approximate surface area is 185 Å². The van der Waals surface area contributed by atoms with E-state index in [4.69, 9.17) is 9.97 Å². The van der Waals surface area contributed by atoms with Crippen molar-refractivity contribution >= 4 is 0 Å². The Morgan fingerprint density at radius 2 is 1.94 bits per heavy atom. The molecule has 1 fully saturated rings. The largest absolute Gasteiger partial charge is 0.344 e. The van der Waals surface area contributed by atoms with E-state index in [0.29, 0.717) is 5.92 Å². The van der Waals surface area contributed by atoms with Crippen LogP contribution in [0.4, 0.5) is 0 Å². The van der Waals surface area contributed by atoms with E-state index in [9.17, 15) is 0 Å². The van der Waals surface area contributed by atoms with Crippen molar-refractivity contribution < 1.29 is 0 Å². The molecule has 0 aromatic carbocycles. The predicted molar refractivity (Wildman–Crippen MR) is 123 cm³/mol. The molecule has 1 aliphatic heterocycles. The molecule has 31 heavy (non-hydrogen) atoms. The van der Waals surface area contributed by atoms with Gasteiger partial charge in [-0.15, -0.1) is 0 Å². The zero-order chi connectivity index (χ0) is 21.2. The SMILES string of the molecule is Cc1cc(CN2CCc3nc(C4CCCCC4)ncc3C2)c(C)n1Cc1cccnc1. The average molecular weight is 416 g/mol. The second-order valence-electron chi connectivity index (χ2n) is 9.34. The van der Waals surface area contributed by atoms with Crippen LogP contribution in [0.15, 0.2) is 36.8 Å². The minimum absolute atomic E-state index is 0.585. The van der Waals surface area contributed by atoms with E-state index in [0.717, 1.165) is 38.4 Å². The van der Waals surface area contributed by atoms with Gasteiger partial charge in [0.2, 0.25) is 0 Å². The summed E-state index contributed by atoms with van der Waals surface area (Å²) in [5.41, 5.74) is 7.94. The van der Waals surface area contributed by atoms with E-state index in [2.05, 4.69) is 46.6 Å². The van der Waals surface area contributed by atoms with E-state index in [-0.39, 0.29) is 0 Å².